The summed E-state index contributed by atoms with van der Waals surface area (Å²) in [5, 5.41) is 4.61. The summed E-state index contributed by atoms with van der Waals surface area (Å²) < 4.78 is 14.0. The number of hydrogen-bond donors (Lipinski definition) is 1. The highest BCUT2D eigenvalue weighted by atomic mass is 79.9. The van der Waals surface area contributed by atoms with Gasteiger partial charge in [-0.2, -0.15) is 0 Å². The van der Waals surface area contributed by atoms with Gasteiger partial charge in [-0.3, -0.25) is 4.98 Å². The molecule has 36 heavy (non-hydrogen) atoms. The normalized spacial score (nSPS) is 17.3. The van der Waals surface area contributed by atoms with Crippen molar-refractivity contribution in [2.24, 2.45) is 0 Å². The summed E-state index contributed by atoms with van der Waals surface area (Å²) in [5.74, 6) is 0.603. The number of nitrogens with zero attached hydrogens (tertiary/aromatic N) is 3. The monoisotopic (exact) mass is 582 g/mol. The number of hydrogen-bond acceptors (Lipinski definition) is 4. The third-order valence-corrected chi connectivity index (χ3v) is 7.11. The Kier molecular flexibility index (Phi) is 7.57. The molecule has 5 rings (SSSR count). The molecular formula is C27H24BrClN4O2S. The van der Waals surface area contributed by atoms with Gasteiger partial charge in [0.05, 0.1) is 23.4 Å². The molecule has 184 valence electrons. The number of thiocarbonyl (C=S) groups is 1. The second-order valence-electron chi connectivity index (χ2n) is 8.24. The number of methoxy groups -OCH3 is 1. The third kappa shape index (κ3) is 4.99. The van der Waals surface area contributed by atoms with Gasteiger partial charge in [0.25, 0.3) is 0 Å². The second-order valence-corrected chi connectivity index (χ2v) is 9.95. The first-order valence-corrected chi connectivity index (χ1v) is 13.0. The number of rotatable bonds is 8. The summed E-state index contributed by atoms with van der Waals surface area (Å²) >= 11 is 16.1. The highest BCUT2D eigenvalue weighted by Crippen LogP contribution is 2.43. The predicted molar refractivity (Wildman–Crippen MR) is 150 cm³/mol. The van der Waals surface area contributed by atoms with Crippen molar-refractivity contribution in [1.29, 1.82) is 0 Å². The van der Waals surface area contributed by atoms with E-state index in [0.29, 0.717) is 29.1 Å². The Morgan fingerprint density at radius 1 is 1.03 bits per heavy atom. The van der Waals surface area contributed by atoms with Crippen molar-refractivity contribution in [1.82, 2.24) is 14.9 Å². The Balaban J connectivity index is 1.59. The number of pyridine rings is 1. The average molecular weight is 584 g/mol. The van der Waals surface area contributed by atoms with Crippen LogP contribution in [0.15, 0.2) is 89.7 Å². The summed E-state index contributed by atoms with van der Waals surface area (Å²) in [4.78, 5) is 6.75. The molecule has 3 heterocycles. The van der Waals surface area contributed by atoms with Crippen LogP contribution in [0.1, 0.15) is 23.5 Å². The predicted octanol–water partition coefficient (Wildman–Crippen LogP) is 6.49. The summed E-state index contributed by atoms with van der Waals surface area (Å²) in [6.45, 7) is 0.905. The maximum atomic E-state index is 6.63. The quantitative estimate of drug-likeness (QED) is 0.189. The molecule has 1 aliphatic heterocycles. The summed E-state index contributed by atoms with van der Waals surface area (Å²) in [6, 6.07) is 23.7. The van der Waals surface area contributed by atoms with Crippen LogP contribution in [0, 0.1) is 0 Å². The fourth-order valence-corrected chi connectivity index (χ4v) is 5.38. The van der Waals surface area contributed by atoms with Gasteiger partial charge in [0.15, 0.2) is 5.11 Å². The molecule has 1 saturated heterocycles. The summed E-state index contributed by atoms with van der Waals surface area (Å²) in [5.41, 5.74) is 3.87. The zero-order chi connectivity index (χ0) is 25.1. The number of anilines is 1. The molecule has 4 aromatic rings. The van der Waals surface area contributed by atoms with Crippen LogP contribution in [0.25, 0.3) is 5.69 Å². The molecule has 2 atom stereocenters. The summed E-state index contributed by atoms with van der Waals surface area (Å²) in [6.07, 6.45) is 3.86. The van der Waals surface area contributed by atoms with Crippen molar-refractivity contribution in [3.05, 3.63) is 106 Å². The van der Waals surface area contributed by atoms with E-state index >= 15 is 0 Å². The van der Waals surface area contributed by atoms with E-state index in [1.54, 1.807) is 13.3 Å². The fourth-order valence-electron chi connectivity index (χ4n) is 4.42. The van der Waals surface area contributed by atoms with E-state index in [0.717, 1.165) is 27.2 Å². The van der Waals surface area contributed by atoms with Crippen LogP contribution in [0.2, 0.25) is 5.02 Å². The van der Waals surface area contributed by atoms with Gasteiger partial charge < -0.3 is 24.3 Å². The standard InChI is InChI=1S/C27H24BrClN4O2S/c1-34-14-15-35-24-11-10-20(17-21(24)29)33-26(25(31-27(33)36)22-8-2-3-12-30-22)23-9-5-13-32(23)19-7-4-6-18(28)16-19/h2-13,16-17,25-26H,14-15H2,1H3,(H,31,36)/t25-,26-/m1/s1. The maximum Gasteiger partial charge on any atom is 0.174 e. The largest absolute Gasteiger partial charge is 0.490 e. The first-order chi connectivity index (χ1) is 17.6. The number of benzene rings is 2. The molecule has 1 aliphatic rings. The van der Waals surface area contributed by atoms with E-state index in [2.05, 4.69) is 60.1 Å². The highest BCUT2D eigenvalue weighted by Gasteiger charge is 2.42. The number of aromatic nitrogens is 2. The minimum absolute atomic E-state index is 0.170. The van der Waals surface area contributed by atoms with Crippen LogP contribution < -0.4 is 15.0 Å². The van der Waals surface area contributed by atoms with E-state index in [9.17, 15) is 0 Å². The maximum absolute atomic E-state index is 6.63. The second kappa shape index (κ2) is 11.0. The lowest BCUT2D eigenvalue weighted by Crippen LogP contribution is -2.30. The Morgan fingerprint density at radius 3 is 2.67 bits per heavy atom. The van der Waals surface area contributed by atoms with E-state index in [1.165, 1.54) is 0 Å². The van der Waals surface area contributed by atoms with Crippen molar-refractivity contribution in [2.45, 2.75) is 12.1 Å². The van der Waals surface area contributed by atoms with E-state index < -0.39 is 0 Å². The molecule has 2 aromatic carbocycles. The van der Waals surface area contributed by atoms with Gasteiger partial charge >= 0.3 is 0 Å². The van der Waals surface area contributed by atoms with Crippen molar-refractivity contribution in [3.63, 3.8) is 0 Å². The highest BCUT2D eigenvalue weighted by molar-refractivity contribution is 9.10. The van der Waals surface area contributed by atoms with Crippen molar-refractivity contribution >= 4 is 50.5 Å². The lowest BCUT2D eigenvalue weighted by molar-refractivity contribution is 0.146. The molecule has 0 aliphatic carbocycles. The molecule has 0 radical (unpaired) electrons. The van der Waals surface area contributed by atoms with E-state index in [1.807, 2.05) is 54.6 Å². The van der Waals surface area contributed by atoms with Crippen molar-refractivity contribution in [3.8, 4) is 11.4 Å². The van der Waals surface area contributed by atoms with E-state index in [-0.39, 0.29) is 12.1 Å². The molecular weight excluding hydrogens is 560 g/mol. The molecule has 9 heteroatoms. The lowest BCUT2D eigenvalue weighted by atomic mass is 10.0. The minimum Gasteiger partial charge on any atom is -0.490 e. The lowest BCUT2D eigenvalue weighted by Gasteiger charge is -2.29. The van der Waals surface area contributed by atoms with Crippen LogP contribution in [-0.4, -0.2) is 35.0 Å². The van der Waals surface area contributed by atoms with Gasteiger partial charge in [0.2, 0.25) is 0 Å². The van der Waals surface area contributed by atoms with Crippen molar-refractivity contribution < 1.29 is 9.47 Å². The Labute approximate surface area is 228 Å². The Hall–Kier alpha value is -2.91. The smallest absolute Gasteiger partial charge is 0.174 e. The van der Waals surface area contributed by atoms with Crippen molar-refractivity contribution in [2.75, 3.05) is 25.2 Å². The zero-order valence-corrected chi connectivity index (χ0v) is 22.6. The van der Waals surface area contributed by atoms with Gasteiger partial charge in [-0.05, 0) is 72.9 Å². The summed E-state index contributed by atoms with van der Waals surface area (Å²) in [7, 11) is 1.64. The van der Waals surface area contributed by atoms with Gasteiger partial charge in [-0.25, -0.2) is 0 Å². The van der Waals surface area contributed by atoms with Gasteiger partial charge in [0, 0.05) is 41.0 Å². The molecule has 1 N–H and O–H groups in total. The molecule has 0 amide bonds. The van der Waals surface area contributed by atoms with Crippen LogP contribution in [0.5, 0.6) is 5.75 Å². The minimum atomic E-state index is -0.183. The average Bonchev–Trinajstić information content (AvgIpc) is 3.50. The first kappa shape index (κ1) is 24.8. The number of halogens is 2. The third-order valence-electron chi connectivity index (χ3n) is 6.01. The SMILES string of the molecule is COCCOc1ccc(N2C(=S)N[C@H](c3ccccn3)[C@H]2c2cccn2-c2cccc(Br)c2)cc1Cl. The van der Waals surface area contributed by atoms with Gasteiger partial charge in [-0.15, -0.1) is 0 Å². The molecule has 1 fully saturated rings. The van der Waals surface area contributed by atoms with Gasteiger partial charge in [0.1, 0.15) is 18.4 Å². The number of ether oxygens (including phenoxy) is 2. The molecule has 0 bridgehead atoms. The zero-order valence-electron chi connectivity index (χ0n) is 19.5. The van der Waals surface area contributed by atoms with E-state index in [4.69, 9.17) is 33.3 Å². The molecule has 2 aromatic heterocycles. The Bertz CT molecular complexity index is 1370. The molecule has 0 spiro atoms. The van der Waals surface area contributed by atoms with Crippen LogP contribution >= 0.6 is 39.7 Å². The van der Waals surface area contributed by atoms with Crippen LogP contribution in [0.3, 0.4) is 0 Å². The Morgan fingerprint density at radius 2 is 1.92 bits per heavy atom. The van der Waals surface area contributed by atoms with Gasteiger partial charge in [-0.1, -0.05) is 39.7 Å². The van der Waals surface area contributed by atoms with Crippen LogP contribution in [0.4, 0.5) is 5.69 Å². The van der Waals surface area contributed by atoms with Crippen LogP contribution in [-0.2, 0) is 4.74 Å². The first-order valence-electron chi connectivity index (χ1n) is 11.4. The topological polar surface area (TPSA) is 51.6 Å². The number of nitrogens with one attached hydrogen (secondary N) is 1. The molecule has 0 saturated carbocycles. The fraction of sp³-hybridized carbons (Fsp3) is 0.185. The molecule has 0 unspecified atom stereocenters. The molecule has 6 nitrogen and oxygen atoms in total.